The maximum atomic E-state index is 12.4. The van der Waals surface area contributed by atoms with E-state index in [0.717, 1.165) is 5.56 Å². The Kier molecular flexibility index (Phi) is 5.11. The molecule has 1 aromatic heterocycles. The van der Waals surface area contributed by atoms with Gasteiger partial charge in [0, 0.05) is 34.1 Å². The number of nitrogens with zero attached hydrogens (tertiary/aromatic N) is 1. The lowest BCUT2D eigenvalue weighted by Crippen LogP contribution is -2.13. The van der Waals surface area contributed by atoms with Gasteiger partial charge in [-0.15, -0.1) is 11.3 Å². The SMILES string of the molecule is CC(=O)Nc1cccc(C(=O)Nc2nc(-c3ccccc3Cl)cs2)c1. The number of carbonyl (C=O) groups excluding carboxylic acids is 2. The number of halogens is 1. The van der Waals surface area contributed by atoms with Gasteiger partial charge in [-0.2, -0.15) is 0 Å². The Hall–Kier alpha value is -2.70. The third-order valence-corrected chi connectivity index (χ3v) is 4.41. The minimum absolute atomic E-state index is 0.193. The number of amides is 2. The van der Waals surface area contributed by atoms with Crippen LogP contribution in [0.5, 0.6) is 0 Å². The molecule has 0 spiro atoms. The van der Waals surface area contributed by atoms with E-state index >= 15 is 0 Å². The molecule has 2 amide bonds. The van der Waals surface area contributed by atoms with Gasteiger partial charge in [0.15, 0.2) is 5.13 Å². The van der Waals surface area contributed by atoms with Crippen LogP contribution in [-0.4, -0.2) is 16.8 Å². The standard InChI is InChI=1S/C18H14ClN3O2S/c1-11(23)20-13-6-4-5-12(9-13)17(24)22-18-21-16(10-25-18)14-7-2-3-8-15(14)19/h2-10H,1H3,(H,20,23)(H,21,22,24). The third kappa shape index (κ3) is 4.23. The summed E-state index contributed by atoms with van der Waals surface area (Å²) in [6, 6.07) is 14.1. The zero-order chi connectivity index (χ0) is 17.8. The monoisotopic (exact) mass is 371 g/mol. The molecule has 0 saturated carbocycles. The molecule has 1 heterocycles. The number of hydrogen-bond acceptors (Lipinski definition) is 4. The smallest absolute Gasteiger partial charge is 0.257 e. The Morgan fingerprint density at radius 3 is 2.64 bits per heavy atom. The van der Waals surface area contributed by atoms with E-state index in [0.29, 0.717) is 27.1 Å². The summed E-state index contributed by atoms with van der Waals surface area (Å²) in [7, 11) is 0. The highest BCUT2D eigenvalue weighted by Crippen LogP contribution is 2.30. The molecule has 0 radical (unpaired) electrons. The van der Waals surface area contributed by atoms with Gasteiger partial charge in [0.1, 0.15) is 0 Å². The maximum absolute atomic E-state index is 12.4. The second-order valence-corrected chi connectivity index (χ2v) is 6.50. The van der Waals surface area contributed by atoms with Crippen LogP contribution in [0.1, 0.15) is 17.3 Å². The van der Waals surface area contributed by atoms with Gasteiger partial charge in [0.25, 0.3) is 5.91 Å². The zero-order valence-electron chi connectivity index (χ0n) is 13.2. The molecular formula is C18H14ClN3O2S. The summed E-state index contributed by atoms with van der Waals surface area (Å²) >= 11 is 7.49. The maximum Gasteiger partial charge on any atom is 0.257 e. The van der Waals surface area contributed by atoms with Crippen LogP contribution in [0.4, 0.5) is 10.8 Å². The molecule has 0 atom stereocenters. The first-order valence-electron chi connectivity index (χ1n) is 7.42. The molecule has 0 fully saturated rings. The van der Waals surface area contributed by atoms with Gasteiger partial charge in [0.05, 0.1) is 5.69 Å². The van der Waals surface area contributed by atoms with E-state index < -0.39 is 0 Å². The van der Waals surface area contributed by atoms with Crippen LogP contribution in [0.15, 0.2) is 53.9 Å². The lowest BCUT2D eigenvalue weighted by Gasteiger charge is -2.05. The topological polar surface area (TPSA) is 71.1 Å². The summed E-state index contributed by atoms with van der Waals surface area (Å²) in [6.45, 7) is 1.42. The van der Waals surface area contributed by atoms with E-state index in [1.165, 1.54) is 18.3 Å². The summed E-state index contributed by atoms with van der Waals surface area (Å²) in [5, 5.41) is 8.33. The summed E-state index contributed by atoms with van der Waals surface area (Å²) in [5.74, 6) is -0.492. The minimum Gasteiger partial charge on any atom is -0.326 e. The van der Waals surface area contributed by atoms with Crippen molar-refractivity contribution in [2.24, 2.45) is 0 Å². The fraction of sp³-hybridized carbons (Fsp3) is 0.0556. The second kappa shape index (κ2) is 7.46. The molecule has 7 heteroatoms. The van der Waals surface area contributed by atoms with Crippen LogP contribution in [0.3, 0.4) is 0 Å². The average Bonchev–Trinajstić information content (AvgIpc) is 3.03. The first-order chi connectivity index (χ1) is 12.0. The molecular weight excluding hydrogens is 358 g/mol. The predicted molar refractivity (Wildman–Crippen MR) is 101 cm³/mol. The van der Waals surface area contributed by atoms with Gasteiger partial charge < -0.3 is 5.32 Å². The molecule has 3 aromatic rings. The van der Waals surface area contributed by atoms with E-state index in [-0.39, 0.29) is 11.8 Å². The van der Waals surface area contributed by atoms with Crippen molar-refractivity contribution in [3.63, 3.8) is 0 Å². The van der Waals surface area contributed by atoms with Crippen molar-refractivity contribution in [3.05, 3.63) is 64.5 Å². The number of rotatable bonds is 4. The highest BCUT2D eigenvalue weighted by molar-refractivity contribution is 7.14. The predicted octanol–water partition coefficient (Wildman–Crippen LogP) is 4.67. The van der Waals surface area contributed by atoms with Gasteiger partial charge in [-0.3, -0.25) is 14.9 Å². The Labute approximate surface area is 153 Å². The third-order valence-electron chi connectivity index (χ3n) is 3.32. The van der Waals surface area contributed by atoms with E-state index in [4.69, 9.17) is 11.6 Å². The van der Waals surface area contributed by atoms with Gasteiger partial charge in [-0.1, -0.05) is 35.9 Å². The summed E-state index contributed by atoms with van der Waals surface area (Å²) in [4.78, 5) is 27.9. The van der Waals surface area contributed by atoms with Crippen LogP contribution in [0.25, 0.3) is 11.3 Å². The zero-order valence-corrected chi connectivity index (χ0v) is 14.8. The Balaban J connectivity index is 1.76. The summed E-state index contributed by atoms with van der Waals surface area (Å²) in [6.07, 6.45) is 0. The van der Waals surface area contributed by atoms with Gasteiger partial charge >= 0.3 is 0 Å². The molecule has 2 aromatic carbocycles. The van der Waals surface area contributed by atoms with E-state index in [1.54, 1.807) is 30.3 Å². The molecule has 0 saturated heterocycles. The molecule has 0 aliphatic rings. The van der Waals surface area contributed by atoms with Gasteiger partial charge in [-0.25, -0.2) is 4.98 Å². The number of carbonyl (C=O) groups is 2. The highest BCUT2D eigenvalue weighted by Gasteiger charge is 2.12. The van der Waals surface area contributed by atoms with Gasteiger partial charge in [0.2, 0.25) is 5.91 Å². The van der Waals surface area contributed by atoms with E-state index in [1.807, 2.05) is 23.6 Å². The molecule has 0 bridgehead atoms. The number of nitrogens with one attached hydrogen (secondary N) is 2. The molecule has 3 rings (SSSR count). The molecule has 5 nitrogen and oxygen atoms in total. The first kappa shape index (κ1) is 17.1. The average molecular weight is 372 g/mol. The van der Waals surface area contributed by atoms with Crippen LogP contribution < -0.4 is 10.6 Å². The highest BCUT2D eigenvalue weighted by atomic mass is 35.5. The first-order valence-corrected chi connectivity index (χ1v) is 8.68. The molecule has 2 N–H and O–H groups in total. The van der Waals surface area contributed by atoms with Crippen molar-refractivity contribution >= 4 is 45.6 Å². The number of benzene rings is 2. The summed E-state index contributed by atoms with van der Waals surface area (Å²) < 4.78 is 0. The number of thiazole rings is 1. The second-order valence-electron chi connectivity index (χ2n) is 5.23. The minimum atomic E-state index is -0.299. The van der Waals surface area contributed by atoms with Crippen molar-refractivity contribution in [3.8, 4) is 11.3 Å². The Morgan fingerprint density at radius 1 is 1.08 bits per heavy atom. The lowest BCUT2D eigenvalue weighted by molar-refractivity contribution is -0.114. The molecule has 0 unspecified atom stereocenters. The van der Waals surface area contributed by atoms with Crippen molar-refractivity contribution < 1.29 is 9.59 Å². The van der Waals surface area contributed by atoms with Gasteiger partial charge in [-0.05, 0) is 24.3 Å². The normalized spacial score (nSPS) is 10.3. The molecule has 126 valence electrons. The van der Waals surface area contributed by atoms with E-state index in [2.05, 4.69) is 15.6 Å². The quantitative estimate of drug-likeness (QED) is 0.699. The fourth-order valence-electron chi connectivity index (χ4n) is 2.23. The van der Waals surface area contributed by atoms with Crippen molar-refractivity contribution in [2.75, 3.05) is 10.6 Å². The van der Waals surface area contributed by atoms with Crippen LogP contribution in [-0.2, 0) is 4.79 Å². The number of aromatic nitrogens is 1. The largest absolute Gasteiger partial charge is 0.326 e. The van der Waals surface area contributed by atoms with Crippen molar-refractivity contribution in [1.29, 1.82) is 0 Å². The fourth-order valence-corrected chi connectivity index (χ4v) is 3.17. The molecule has 25 heavy (non-hydrogen) atoms. The van der Waals surface area contributed by atoms with Crippen LogP contribution in [0, 0.1) is 0 Å². The van der Waals surface area contributed by atoms with E-state index in [9.17, 15) is 9.59 Å². The number of anilines is 2. The van der Waals surface area contributed by atoms with Crippen LogP contribution >= 0.6 is 22.9 Å². The summed E-state index contributed by atoms with van der Waals surface area (Å²) in [5.41, 5.74) is 2.52. The number of hydrogen-bond donors (Lipinski definition) is 2. The molecule has 0 aliphatic heterocycles. The van der Waals surface area contributed by atoms with Crippen molar-refractivity contribution in [1.82, 2.24) is 4.98 Å². The Morgan fingerprint density at radius 2 is 1.88 bits per heavy atom. The Bertz CT molecular complexity index is 939. The van der Waals surface area contributed by atoms with Crippen LogP contribution in [0.2, 0.25) is 5.02 Å². The lowest BCUT2D eigenvalue weighted by atomic mass is 10.2. The molecule has 0 aliphatic carbocycles. The van der Waals surface area contributed by atoms with Crippen molar-refractivity contribution in [2.45, 2.75) is 6.92 Å².